The fraction of sp³-hybridized carbons (Fsp3) is 0.328. The molecule has 0 unspecified atom stereocenters. The molecule has 11 rings (SSSR count). The van der Waals surface area contributed by atoms with Gasteiger partial charge in [0.2, 0.25) is 5.88 Å². The van der Waals surface area contributed by atoms with Crippen LogP contribution in [0.15, 0.2) is 72.3 Å². The molecule has 0 aromatic carbocycles. The summed E-state index contributed by atoms with van der Waals surface area (Å²) < 4.78 is 26.4. The first-order valence-electron chi connectivity index (χ1n) is 31.1. The van der Waals surface area contributed by atoms with Gasteiger partial charge < -0.3 is 45.2 Å². The van der Waals surface area contributed by atoms with Gasteiger partial charge in [0, 0.05) is 45.4 Å². The number of carboxylic acid groups (broad SMARTS) is 1. The number of aromatic hydroxyl groups is 1. The number of ketones is 5. The molecule has 107 heavy (non-hydrogen) atoms. The first-order chi connectivity index (χ1) is 49.9. The van der Waals surface area contributed by atoms with E-state index in [1.165, 1.54) is 121 Å². The van der Waals surface area contributed by atoms with E-state index in [1.807, 2.05) is 0 Å². The maximum atomic E-state index is 12.2. The van der Waals surface area contributed by atoms with Crippen LogP contribution in [0.4, 0.5) is 32.9 Å². The van der Waals surface area contributed by atoms with Gasteiger partial charge >= 0.3 is 30.1 Å². The number of nitrogens with one attached hydrogen (secondary N) is 3. The molecule has 0 atom stereocenters. The van der Waals surface area contributed by atoms with Crippen LogP contribution in [-0.2, 0) is 28.5 Å². The molecule has 570 valence electrons. The van der Waals surface area contributed by atoms with E-state index >= 15 is 0 Å². The fourth-order valence-electron chi connectivity index (χ4n) is 8.38. The summed E-state index contributed by atoms with van der Waals surface area (Å²) >= 11 is 29.3. The molecule has 43 heteroatoms. The lowest BCUT2D eigenvalue weighted by Gasteiger charge is -2.24. The summed E-state index contributed by atoms with van der Waals surface area (Å²) in [6.07, 6.45) is 6.81. The highest BCUT2D eigenvalue weighted by atomic mass is 35.5. The van der Waals surface area contributed by atoms with Crippen molar-refractivity contribution in [2.24, 2.45) is 0 Å². The lowest BCUT2D eigenvalue weighted by atomic mass is 10.2. The van der Waals surface area contributed by atoms with Crippen molar-refractivity contribution in [3.05, 3.63) is 137 Å². The summed E-state index contributed by atoms with van der Waals surface area (Å²) in [5.74, 6) is -1.59. The number of ether oxygens (including phenoxy) is 4. The molecule has 11 aromatic heterocycles. The molecular formula is C64H72Cl5N21O17. The van der Waals surface area contributed by atoms with Gasteiger partial charge in [0.05, 0.1) is 78.7 Å². The minimum atomic E-state index is -1.18. The van der Waals surface area contributed by atoms with Crippen molar-refractivity contribution >= 4 is 169 Å². The summed E-state index contributed by atoms with van der Waals surface area (Å²) in [6.45, 7) is 21.7. The van der Waals surface area contributed by atoms with E-state index in [1.54, 1.807) is 73.0 Å². The number of carbonyl (C=O) groups excluding carboxylic acids is 9. The van der Waals surface area contributed by atoms with E-state index in [-0.39, 0.29) is 96.3 Å². The number of amides is 2. The predicted molar refractivity (Wildman–Crippen MR) is 391 cm³/mol. The van der Waals surface area contributed by atoms with Crippen LogP contribution in [0, 0.1) is 0 Å². The zero-order valence-corrected chi connectivity index (χ0v) is 63.8. The molecule has 0 aliphatic rings. The molecule has 0 aliphatic heterocycles. The Labute approximate surface area is 631 Å². The molecule has 0 aliphatic carbocycles. The molecule has 7 N–H and O–H groups in total. The molecule has 0 saturated carbocycles. The number of hydrogen-bond donors (Lipinski definition) is 6. The number of aromatic nitrogens is 17. The quantitative estimate of drug-likeness (QED) is 0.0205. The van der Waals surface area contributed by atoms with Crippen LogP contribution in [0.2, 0.25) is 25.8 Å². The highest BCUT2D eigenvalue weighted by Crippen LogP contribution is 2.27. The average Bonchev–Trinajstić information content (AvgIpc) is 1.68. The van der Waals surface area contributed by atoms with Crippen LogP contribution in [0.1, 0.15) is 159 Å². The second-order valence-corrected chi connectivity index (χ2v) is 25.6. The monoisotopic (exact) mass is 1580 g/mol. The van der Waals surface area contributed by atoms with Gasteiger partial charge in [-0.1, -0.05) is 58.0 Å². The van der Waals surface area contributed by atoms with Crippen molar-refractivity contribution in [2.75, 3.05) is 55.2 Å². The van der Waals surface area contributed by atoms with Gasteiger partial charge in [-0.2, -0.15) is 48.7 Å². The highest BCUT2D eigenvalue weighted by Gasteiger charge is 2.27. The molecule has 38 nitrogen and oxygen atoms in total. The number of H-pyrrole nitrogens is 2. The number of Topliss-reactive ketones (excluding diaryl/α,β-unsaturated/α-hetero) is 5. The largest absolute Gasteiger partial charge is 0.493 e. The SMILES string of the molecule is CC(=O)c1cnn2c(Cl)cc(Cl)nc12.CC(=O)c1cnn2c(N(C)C(=O)OC(C)(C)C)cc(Cl)nc12.CC(=O)c1cnn2c(O)cc(=O)[nH]c12.CCOC(=O)CC(C)=O.CCOC(=O)c1cn[nH]c1N.CN(C(=O)OC(C)(C)C)c1cc(Cl)nc2c(C(=O)O)cnn12.CNc1cc(Cl)nc2c(C(C)=O)cnn12. The van der Waals surface area contributed by atoms with E-state index in [2.05, 4.69) is 75.4 Å². The van der Waals surface area contributed by atoms with Gasteiger partial charge in [-0.3, -0.25) is 48.5 Å². The molecule has 11 aromatic rings. The number of rotatable bonds is 13. The predicted octanol–water partition coefficient (Wildman–Crippen LogP) is 9.90. The Morgan fingerprint density at radius 3 is 1.35 bits per heavy atom. The number of aromatic amines is 2. The number of esters is 2. The number of fused-ring (bicyclic) bond motifs is 5. The minimum Gasteiger partial charge on any atom is -0.493 e. The van der Waals surface area contributed by atoms with Crippen LogP contribution in [0.5, 0.6) is 5.88 Å². The third kappa shape index (κ3) is 23.4. The number of hydrogen-bond acceptors (Lipinski definition) is 28. The maximum absolute atomic E-state index is 12.2. The second-order valence-electron chi connectivity index (χ2n) is 23.7. The van der Waals surface area contributed by atoms with Crippen molar-refractivity contribution in [3.8, 4) is 5.88 Å². The molecular weight excluding hydrogens is 1510 g/mol. The Morgan fingerprint density at radius 2 is 0.935 bits per heavy atom. The number of nitrogens with two attached hydrogens (primary N) is 1. The molecule has 0 bridgehead atoms. The average molecular weight is 1580 g/mol. The normalized spacial score (nSPS) is 10.7. The van der Waals surface area contributed by atoms with E-state index < -0.39 is 46.9 Å². The Kier molecular flexibility index (Phi) is 29.9. The lowest BCUT2D eigenvalue weighted by molar-refractivity contribution is -0.145. The summed E-state index contributed by atoms with van der Waals surface area (Å²) in [6, 6.07) is 6.98. The number of anilines is 4. The van der Waals surface area contributed by atoms with E-state index in [9.17, 15) is 57.8 Å². The van der Waals surface area contributed by atoms with Gasteiger partial charge in [0.1, 0.15) is 83.6 Å². The molecule has 0 saturated heterocycles. The number of halogens is 5. The van der Waals surface area contributed by atoms with Gasteiger partial charge in [-0.05, 0) is 90.0 Å². The third-order valence-corrected chi connectivity index (χ3v) is 14.1. The molecule has 0 radical (unpaired) electrons. The van der Waals surface area contributed by atoms with Crippen molar-refractivity contribution in [1.29, 1.82) is 0 Å². The van der Waals surface area contributed by atoms with E-state index in [0.29, 0.717) is 68.8 Å². The first kappa shape index (κ1) is 85.9. The summed E-state index contributed by atoms with van der Waals surface area (Å²) in [5.41, 5.74) is 6.65. The standard InChI is InChI=1S/C14H17ClN4O3.C13H15ClN4O4.C9H9ClN4O.C8H5Cl2N3O.C8H7N3O3.C6H9N3O2.C6H10O3/c1-8(20)9-7-16-19-11(6-10(15)17-12(9)19)18(5)13(21)22-14(2,3)4;1-13(2,3)22-12(21)17(4)9-5-8(14)16-10-7(11(19)20)6-15-18(9)10;1-5(15)6-4-12-14-8(11-2)3-7(10)13-9(6)14;1-4(14)5-3-11-13-7(10)2-6(9)12-8(5)13;1-4(12)5-3-9-11-7(14)2-6(13)10-8(5)11;1-2-11-6(10)4-3-8-9-5(4)7;1-3-9-6(8)4-5(2)7/h6-7H,1-5H3;5-6H,1-4H3,(H,19,20);3-4,11H,1-2H3;2-3H,1H3;2-3,14H,1H3,(H,10,13);3H,2H2,1H3,(H3,7,8,9);3-4H2,1-2H3. The van der Waals surface area contributed by atoms with Crippen molar-refractivity contribution in [1.82, 2.24) is 83.2 Å². The topological polar surface area (TPSA) is 492 Å². The number of nitrogens with zero attached hydrogens (tertiary/aromatic N) is 17. The Balaban J connectivity index is 0.000000228. The molecule has 0 fully saturated rings. The van der Waals surface area contributed by atoms with Crippen LogP contribution in [-0.4, -0.2) is 198 Å². The van der Waals surface area contributed by atoms with E-state index in [0.717, 1.165) is 16.8 Å². The van der Waals surface area contributed by atoms with Gasteiger partial charge in [0.15, 0.2) is 51.4 Å². The second kappa shape index (κ2) is 37.3. The van der Waals surface area contributed by atoms with Crippen molar-refractivity contribution in [3.63, 3.8) is 0 Å². The third-order valence-electron chi connectivity index (χ3n) is 13.1. The summed E-state index contributed by atoms with van der Waals surface area (Å²) in [4.78, 5) is 144. The van der Waals surface area contributed by atoms with Gasteiger partial charge in [-0.15, -0.1) is 0 Å². The smallest absolute Gasteiger partial charge is 0.415 e. The number of aromatic carboxylic acids is 1. The Morgan fingerprint density at radius 1 is 0.542 bits per heavy atom. The Hall–Kier alpha value is -11.7. The van der Waals surface area contributed by atoms with Crippen LogP contribution in [0.3, 0.4) is 0 Å². The maximum Gasteiger partial charge on any atom is 0.415 e. The van der Waals surface area contributed by atoms with Gasteiger partial charge in [-0.25, -0.2) is 43.6 Å². The lowest BCUT2D eigenvalue weighted by Crippen LogP contribution is -2.35. The van der Waals surface area contributed by atoms with Crippen molar-refractivity contribution in [2.45, 2.75) is 108 Å². The van der Waals surface area contributed by atoms with Crippen LogP contribution >= 0.6 is 58.0 Å². The zero-order valence-electron chi connectivity index (χ0n) is 60.1. The number of carboxylic acids is 1. The van der Waals surface area contributed by atoms with Crippen molar-refractivity contribution < 1.29 is 77.1 Å². The van der Waals surface area contributed by atoms with Crippen LogP contribution in [0.25, 0.3) is 28.2 Å². The van der Waals surface area contributed by atoms with Gasteiger partial charge in [0.25, 0.3) is 5.56 Å². The zero-order chi connectivity index (χ0) is 80.4. The number of nitrogen functional groups attached to an aromatic ring is 1. The molecule has 11 heterocycles. The summed E-state index contributed by atoms with van der Waals surface area (Å²) in [5, 5.41) is 48.3. The fourth-order valence-corrected chi connectivity index (χ4v) is 9.39. The van der Waals surface area contributed by atoms with E-state index in [4.69, 9.17) is 78.3 Å². The minimum absolute atomic E-state index is 0.0425. The first-order valence-corrected chi connectivity index (χ1v) is 32.9. The number of carbonyl (C=O) groups is 10. The highest BCUT2D eigenvalue weighted by molar-refractivity contribution is 6.33. The summed E-state index contributed by atoms with van der Waals surface area (Å²) in [7, 11) is 4.76. The molecule has 0 spiro atoms. The Bertz CT molecular complexity index is 5090. The molecule has 2 amide bonds. The van der Waals surface area contributed by atoms with Crippen LogP contribution < -0.4 is 26.4 Å².